The van der Waals surface area contributed by atoms with Crippen molar-refractivity contribution < 1.29 is 0 Å². The molecule has 0 unspecified atom stereocenters. The van der Waals surface area contributed by atoms with Crippen LogP contribution in [0, 0.1) is 0 Å². The molecule has 20 heavy (non-hydrogen) atoms. The van der Waals surface area contributed by atoms with Crippen molar-refractivity contribution in [1.82, 2.24) is 5.32 Å². The second kappa shape index (κ2) is 5.89. The predicted octanol–water partition coefficient (Wildman–Crippen LogP) is 4.79. The highest BCUT2D eigenvalue weighted by Crippen LogP contribution is 2.41. The minimum absolute atomic E-state index is 0.248. The van der Waals surface area contributed by atoms with Crippen molar-refractivity contribution in [2.75, 3.05) is 6.54 Å². The molecule has 0 aliphatic heterocycles. The van der Waals surface area contributed by atoms with Gasteiger partial charge in [-0.25, -0.2) is 0 Å². The van der Waals surface area contributed by atoms with Gasteiger partial charge in [0.2, 0.25) is 0 Å². The van der Waals surface area contributed by atoms with Crippen LogP contribution in [-0.2, 0) is 10.8 Å². The molecule has 1 fully saturated rings. The molecule has 0 bridgehead atoms. The Hall–Kier alpha value is -0.820. The Morgan fingerprint density at radius 2 is 1.60 bits per heavy atom. The van der Waals surface area contributed by atoms with Crippen molar-refractivity contribution in [3.63, 3.8) is 0 Å². The van der Waals surface area contributed by atoms with E-state index in [-0.39, 0.29) is 5.41 Å². The Morgan fingerprint density at radius 1 is 1.05 bits per heavy atom. The molecule has 1 aromatic rings. The van der Waals surface area contributed by atoms with Gasteiger partial charge in [-0.3, -0.25) is 0 Å². The van der Waals surface area contributed by atoms with Crippen LogP contribution in [0.3, 0.4) is 0 Å². The lowest BCUT2D eigenvalue weighted by molar-refractivity contribution is 0.387. The van der Waals surface area contributed by atoms with E-state index in [9.17, 15) is 0 Å². The van der Waals surface area contributed by atoms with Crippen LogP contribution in [-0.4, -0.2) is 12.6 Å². The highest BCUT2D eigenvalue weighted by Gasteiger charge is 2.35. The average molecular weight is 273 g/mol. The van der Waals surface area contributed by atoms with Gasteiger partial charge in [0, 0.05) is 18.0 Å². The van der Waals surface area contributed by atoms with Crippen molar-refractivity contribution in [2.24, 2.45) is 0 Å². The summed E-state index contributed by atoms with van der Waals surface area (Å²) in [6, 6.07) is 10.0. The summed E-state index contributed by atoms with van der Waals surface area (Å²) >= 11 is 0. The number of hydrogen-bond acceptors (Lipinski definition) is 1. The van der Waals surface area contributed by atoms with Crippen LogP contribution in [0.5, 0.6) is 0 Å². The highest BCUT2D eigenvalue weighted by molar-refractivity contribution is 5.33. The van der Waals surface area contributed by atoms with Gasteiger partial charge in [-0.05, 0) is 29.4 Å². The maximum atomic E-state index is 3.67. The van der Waals surface area contributed by atoms with Crippen molar-refractivity contribution in [3.8, 4) is 0 Å². The molecule has 0 amide bonds. The third kappa shape index (κ3) is 3.44. The Morgan fingerprint density at radius 3 is 2.05 bits per heavy atom. The minimum Gasteiger partial charge on any atom is -0.314 e. The summed E-state index contributed by atoms with van der Waals surface area (Å²) in [6.45, 7) is 12.5. The van der Waals surface area contributed by atoms with Crippen LogP contribution >= 0.6 is 0 Å². The summed E-state index contributed by atoms with van der Waals surface area (Å²) in [7, 11) is 0. The Kier molecular flexibility index (Phi) is 4.59. The third-order valence-electron chi connectivity index (χ3n) is 4.77. The summed E-state index contributed by atoms with van der Waals surface area (Å²) in [5, 5.41) is 3.67. The van der Waals surface area contributed by atoms with Gasteiger partial charge >= 0.3 is 0 Å². The van der Waals surface area contributed by atoms with E-state index < -0.39 is 0 Å². The van der Waals surface area contributed by atoms with Crippen molar-refractivity contribution in [1.29, 1.82) is 0 Å². The molecule has 112 valence electrons. The number of benzene rings is 1. The first kappa shape index (κ1) is 15.6. The van der Waals surface area contributed by atoms with Gasteiger partial charge in [0.15, 0.2) is 0 Å². The van der Waals surface area contributed by atoms with Gasteiger partial charge in [0.05, 0.1) is 0 Å². The topological polar surface area (TPSA) is 12.0 Å². The van der Waals surface area contributed by atoms with E-state index in [1.165, 1.54) is 36.8 Å². The number of nitrogens with one attached hydrogen (secondary N) is 1. The van der Waals surface area contributed by atoms with E-state index in [0.717, 1.165) is 6.54 Å². The van der Waals surface area contributed by atoms with Gasteiger partial charge < -0.3 is 5.32 Å². The second-order valence-electron chi connectivity index (χ2n) is 7.85. The fourth-order valence-electron chi connectivity index (χ4n) is 3.34. The summed E-state index contributed by atoms with van der Waals surface area (Å²) in [4.78, 5) is 0. The normalized spacial score (nSPS) is 18.7. The summed E-state index contributed by atoms with van der Waals surface area (Å²) in [6.07, 6.45) is 5.42. The van der Waals surface area contributed by atoms with Gasteiger partial charge in [0.1, 0.15) is 0 Å². The van der Waals surface area contributed by atoms with E-state index in [1.807, 2.05) is 0 Å². The molecule has 0 radical (unpaired) electrons. The largest absolute Gasteiger partial charge is 0.314 e. The lowest BCUT2D eigenvalue weighted by Crippen LogP contribution is -2.39. The van der Waals surface area contributed by atoms with Crippen LogP contribution in [0.15, 0.2) is 24.3 Å². The molecule has 0 heterocycles. The molecule has 1 heteroatoms. The SMILES string of the molecule is CC(C)NCC1(c2ccc(C(C)(C)C)cc2)CCCC1. The third-order valence-corrected chi connectivity index (χ3v) is 4.77. The smallest absolute Gasteiger partial charge is 0.00778 e. The van der Waals surface area contributed by atoms with E-state index in [1.54, 1.807) is 0 Å². The molecule has 0 aromatic heterocycles. The summed E-state index contributed by atoms with van der Waals surface area (Å²) < 4.78 is 0. The summed E-state index contributed by atoms with van der Waals surface area (Å²) in [5.41, 5.74) is 3.60. The maximum Gasteiger partial charge on any atom is 0.00778 e. The molecule has 0 atom stereocenters. The average Bonchev–Trinajstić information content (AvgIpc) is 2.85. The van der Waals surface area contributed by atoms with Gasteiger partial charge in [-0.15, -0.1) is 0 Å². The van der Waals surface area contributed by atoms with E-state index >= 15 is 0 Å². The quantitative estimate of drug-likeness (QED) is 0.831. The molecule has 1 aromatic carbocycles. The highest BCUT2D eigenvalue weighted by atomic mass is 14.9. The fourth-order valence-corrected chi connectivity index (χ4v) is 3.34. The van der Waals surface area contributed by atoms with E-state index in [4.69, 9.17) is 0 Å². The molecule has 1 saturated carbocycles. The lowest BCUT2D eigenvalue weighted by atomic mass is 9.77. The first-order chi connectivity index (χ1) is 9.33. The van der Waals surface area contributed by atoms with Crippen LogP contribution in [0.4, 0.5) is 0 Å². The predicted molar refractivity (Wildman–Crippen MR) is 88.4 cm³/mol. The standard InChI is InChI=1S/C19H31N/c1-15(2)20-14-19(12-6-7-13-19)17-10-8-16(9-11-17)18(3,4)5/h8-11,15,20H,6-7,12-14H2,1-5H3. The first-order valence-electron chi connectivity index (χ1n) is 8.18. The monoisotopic (exact) mass is 273 g/mol. The van der Waals surface area contributed by atoms with Crippen LogP contribution in [0.25, 0.3) is 0 Å². The van der Waals surface area contributed by atoms with Crippen LogP contribution < -0.4 is 5.32 Å². The van der Waals surface area contributed by atoms with Crippen molar-refractivity contribution in [3.05, 3.63) is 35.4 Å². The lowest BCUT2D eigenvalue weighted by Gasteiger charge is -2.32. The molecular weight excluding hydrogens is 242 g/mol. The van der Waals surface area contributed by atoms with Gasteiger partial charge in [-0.1, -0.05) is 71.7 Å². The zero-order valence-corrected chi connectivity index (χ0v) is 13.9. The number of hydrogen-bond donors (Lipinski definition) is 1. The second-order valence-corrected chi connectivity index (χ2v) is 7.85. The Labute approximate surface area is 125 Å². The van der Waals surface area contributed by atoms with E-state index in [0.29, 0.717) is 11.5 Å². The van der Waals surface area contributed by atoms with Gasteiger partial charge in [0.25, 0.3) is 0 Å². The molecule has 1 nitrogen and oxygen atoms in total. The van der Waals surface area contributed by atoms with E-state index in [2.05, 4.69) is 64.2 Å². The molecule has 1 aliphatic carbocycles. The Bertz CT molecular complexity index is 416. The van der Waals surface area contributed by atoms with Crippen molar-refractivity contribution in [2.45, 2.75) is 77.2 Å². The van der Waals surface area contributed by atoms with Gasteiger partial charge in [-0.2, -0.15) is 0 Å². The molecular formula is C19H31N. The molecule has 1 N–H and O–H groups in total. The first-order valence-corrected chi connectivity index (χ1v) is 8.18. The summed E-state index contributed by atoms with van der Waals surface area (Å²) in [5.74, 6) is 0. The minimum atomic E-state index is 0.248. The van der Waals surface area contributed by atoms with Crippen molar-refractivity contribution >= 4 is 0 Å². The van der Waals surface area contributed by atoms with Crippen LogP contribution in [0.1, 0.15) is 71.4 Å². The molecule has 1 aliphatic rings. The fraction of sp³-hybridized carbons (Fsp3) is 0.684. The molecule has 0 saturated heterocycles. The zero-order valence-electron chi connectivity index (χ0n) is 13.9. The maximum absolute atomic E-state index is 3.67. The zero-order chi connectivity index (χ0) is 14.8. The molecule has 0 spiro atoms. The number of rotatable bonds is 4. The van der Waals surface area contributed by atoms with Crippen LogP contribution in [0.2, 0.25) is 0 Å². The molecule has 2 rings (SSSR count). The Balaban J connectivity index is 2.21.